The van der Waals surface area contributed by atoms with E-state index in [0.29, 0.717) is 6.54 Å². The quantitative estimate of drug-likeness (QED) is 0.910. The molecule has 0 fully saturated rings. The third-order valence-electron chi connectivity index (χ3n) is 2.92. The van der Waals surface area contributed by atoms with Crippen LogP contribution in [0.1, 0.15) is 11.3 Å². The van der Waals surface area contributed by atoms with E-state index in [1.165, 1.54) is 0 Å². The number of carboxylic acid groups (broad SMARTS) is 1. The van der Waals surface area contributed by atoms with Gasteiger partial charge in [-0.25, -0.2) is 4.68 Å². The van der Waals surface area contributed by atoms with Crippen LogP contribution in [0.4, 0.5) is 0 Å². The van der Waals surface area contributed by atoms with Crippen molar-refractivity contribution in [1.29, 1.82) is 0 Å². The number of likely N-dealkylation sites (N-methyl/N-ethyl adjacent to an activating group) is 1. The van der Waals surface area contributed by atoms with Crippen LogP contribution in [0, 0.1) is 6.92 Å². The molecule has 6 heteroatoms. The monoisotopic (exact) mass is 337 g/mol. The average Bonchev–Trinajstić information content (AvgIpc) is 2.70. The average molecular weight is 338 g/mol. The van der Waals surface area contributed by atoms with Gasteiger partial charge in [0.1, 0.15) is 0 Å². The number of rotatable bonds is 5. The van der Waals surface area contributed by atoms with E-state index in [-0.39, 0.29) is 6.54 Å². The first-order chi connectivity index (χ1) is 9.45. The highest BCUT2D eigenvalue weighted by molar-refractivity contribution is 9.10. The molecule has 20 heavy (non-hydrogen) atoms. The lowest BCUT2D eigenvalue weighted by atomic mass is 10.2. The summed E-state index contributed by atoms with van der Waals surface area (Å²) in [6.45, 7) is 2.51. The van der Waals surface area contributed by atoms with E-state index in [1.807, 2.05) is 42.1 Å². The fourth-order valence-corrected chi connectivity index (χ4v) is 2.37. The molecule has 0 aliphatic rings. The van der Waals surface area contributed by atoms with Crippen molar-refractivity contribution in [3.63, 3.8) is 0 Å². The second kappa shape index (κ2) is 6.19. The van der Waals surface area contributed by atoms with Crippen LogP contribution in [-0.4, -0.2) is 39.3 Å². The molecule has 0 atom stereocenters. The van der Waals surface area contributed by atoms with Crippen molar-refractivity contribution < 1.29 is 9.90 Å². The third kappa shape index (κ3) is 3.68. The van der Waals surface area contributed by atoms with E-state index in [2.05, 4.69) is 21.0 Å². The predicted molar refractivity (Wildman–Crippen MR) is 80.0 cm³/mol. The van der Waals surface area contributed by atoms with Gasteiger partial charge in [0, 0.05) is 22.8 Å². The molecule has 2 rings (SSSR count). The summed E-state index contributed by atoms with van der Waals surface area (Å²) in [4.78, 5) is 12.4. The zero-order chi connectivity index (χ0) is 14.7. The summed E-state index contributed by atoms with van der Waals surface area (Å²) in [5, 5.41) is 13.3. The van der Waals surface area contributed by atoms with E-state index in [1.54, 1.807) is 11.9 Å². The Kier molecular flexibility index (Phi) is 4.57. The third-order valence-corrected chi connectivity index (χ3v) is 3.41. The molecule has 0 saturated heterocycles. The fourth-order valence-electron chi connectivity index (χ4n) is 1.98. The molecule has 5 nitrogen and oxygen atoms in total. The van der Waals surface area contributed by atoms with Crippen LogP contribution in [-0.2, 0) is 11.3 Å². The molecule has 106 valence electrons. The topological polar surface area (TPSA) is 58.4 Å². The summed E-state index contributed by atoms with van der Waals surface area (Å²) in [5.74, 6) is -0.829. The highest BCUT2D eigenvalue weighted by Gasteiger charge is 2.11. The first kappa shape index (κ1) is 14.7. The lowest BCUT2D eigenvalue weighted by Gasteiger charge is -2.12. The maximum atomic E-state index is 10.7. The maximum absolute atomic E-state index is 10.7. The minimum atomic E-state index is -0.829. The molecule has 1 heterocycles. The van der Waals surface area contributed by atoms with Crippen LogP contribution in [0.25, 0.3) is 5.69 Å². The molecule has 0 radical (unpaired) electrons. The Hall–Kier alpha value is -1.66. The van der Waals surface area contributed by atoms with Crippen molar-refractivity contribution >= 4 is 21.9 Å². The number of halogens is 1. The van der Waals surface area contributed by atoms with Crippen LogP contribution < -0.4 is 0 Å². The number of aromatic nitrogens is 2. The van der Waals surface area contributed by atoms with Crippen molar-refractivity contribution in [2.75, 3.05) is 13.6 Å². The minimum Gasteiger partial charge on any atom is -0.480 e. The van der Waals surface area contributed by atoms with Crippen LogP contribution in [0.2, 0.25) is 0 Å². The number of carbonyl (C=O) groups is 1. The molecule has 0 spiro atoms. The molecule has 1 N–H and O–H groups in total. The number of nitrogens with zero attached hydrogens (tertiary/aromatic N) is 3. The summed E-state index contributed by atoms with van der Waals surface area (Å²) >= 11 is 3.44. The second-order valence-electron chi connectivity index (χ2n) is 4.73. The Morgan fingerprint density at radius 1 is 1.50 bits per heavy atom. The smallest absolute Gasteiger partial charge is 0.317 e. The maximum Gasteiger partial charge on any atom is 0.317 e. The number of hydrogen-bond acceptors (Lipinski definition) is 3. The van der Waals surface area contributed by atoms with Gasteiger partial charge >= 0.3 is 5.97 Å². The summed E-state index contributed by atoms with van der Waals surface area (Å²) < 4.78 is 2.80. The highest BCUT2D eigenvalue weighted by Crippen LogP contribution is 2.17. The molecule has 0 unspecified atom stereocenters. The normalized spacial score (nSPS) is 11.0. The molecule has 0 bridgehead atoms. The molecular formula is C14H16BrN3O2. The highest BCUT2D eigenvalue weighted by atomic mass is 79.9. The van der Waals surface area contributed by atoms with E-state index >= 15 is 0 Å². The van der Waals surface area contributed by atoms with E-state index in [0.717, 1.165) is 21.4 Å². The van der Waals surface area contributed by atoms with Crippen molar-refractivity contribution in [3.8, 4) is 5.69 Å². The second-order valence-corrected chi connectivity index (χ2v) is 5.65. The van der Waals surface area contributed by atoms with Gasteiger partial charge in [0.15, 0.2) is 0 Å². The van der Waals surface area contributed by atoms with Gasteiger partial charge in [-0.1, -0.05) is 22.0 Å². The van der Waals surface area contributed by atoms with Gasteiger partial charge in [-0.05, 0) is 32.2 Å². The largest absolute Gasteiger partial charge is 0.480 e. The first-order valence-electron chi connectivity index (χ1n) is 6.17. The number of carboxylic acids is 1. The lowest BCUT2D eigenvalue weighted by Crippen LogP contribution is -2.25. The Balaban J connectivity index is 2.19. The molecule has 0 amide bonds. The molecule has 2 aromatic rings. The van der Waals surface area contributed by atoms with Crippen molar-refractivity contribution in [3.05, 3.63) is 46.2 Å². The molecule has 0 aliphatic heterocycles. The molecular weight excluding hydrogens is 322 g/mol. The summed E-state index contributed by atoms with van der Waals surface area (Å²) in [7, 11) is 1.78. The van der Waals surface area contributed by atoms with Gasteiger partial charge in [0.2, 0.25) is 0 Å². The van der Waals surface area contributed by atoms with Gasteiger partial charge in [0.25, 0.3) is 0 Å². The van der Waals surface area contributed by atoms with Crippen LogP contribution in [0.3, 0.4) is 0 Å². The summed E-state index contributed by atoms with van der Waals surface area (Å²) in [6.07, 6.45) is 1.94. The SMILES string of the molecule is Cc1nn(-c2cccc(Br)c2)cc1CN(C)CC(=O)O. The van der Waals surface area contributed by atoms with Crippen LogP contribution >= 0.6 is 15.9 Å². The Labute approximate surface area is 126 Å². The molecule has 1 aromatic heterocycles. The molecule has 1 aromatic carbocycles. The zero-order valence-corrected chi connectivity index (χ0v) is 13.0. The van der Waals surface area contributed by atoms with Crippen LogP contribution in [0.5, 0.6) is 0 Å². The summed E-state index contributed by atoms with van der Waals surface area (Å²) in [6, 6.07) is 7.87. The Morgan fingerprint density at radius 3 is 2.90 bits per heavy atom. The fraction of sp³-hybridized carbons (Fsp3) is 0.286. The number of hydrogen-bond donors (Lipinski definition) is 1. The van der Waals surface area contributed by atoms with Crippen molar-refractivity contribution in [2.45, 2.75) is 13.5 Å². The Morgan fingerprint density at radius 2 is 2.25 bits per heavy atom. The first-order valence-corrected chi connectivity index (χ1v) is 6.96. The van der Waals surface area contributed by atoms with Gasteiger partial charge < -0.3 is 5.11 Å². The number of aliphatic carboxylic acids is 1. The molecule has 0 aliphatic carbocycles. The zero-order valence-electron chi connectivity index (χ0n) is 11.4. The minimum absolute atomic E-state index is 0.0154. The van der Waals surface area contributed by atoms with Crippen molar-refractivity contribution in [1.82, 2.24) is 14.7 Å². The Bertz CT molecular complexity index is 625. The standard InChI is InChI=1S/C14H16BrN3O2/c1-10-11(7-17(2)9-14(19)20)8-18(16-10)13-5-3-4-12(15)6-13/h3-6,8H,7,9H2,1-2H3,(H,19,20). The van der Waals surface area contributed by atoms with E-state index in [4.69, 9.17) is 5.11 Å². The predicted octanol–water partition coefficient (Wildman–Crippen LogP) is 2.46. The summed E-state index contributed by atoms with van der Waals surface area (Å²) in [5.41, 5.74) is 2.89. The van der Waals surface area contributed by atoms with Gasteiger partial charge in [-0.2, -0.15) is 5.10 Å². The van der Waals surface area contributed by atoms with E-state index < -0.39 is 5.97 Å². The number of aryl methyl sites for hydroxylation is 1. The van der Waals surface area contributed by atoms with Gasteiger partial charge in [-0.15, -0.1) is 0 Å². The molecule has 0 saturated carbocycles. The number of benzene rings is 1. The van der Waals surface area contributed by atoms with Crippen molar-refractivity contribution in [2.24, 2.45) is 0 Å². The van der Waals surface area contributed by atoms with Crippen LogP contribution in [0.15, 0.2) is 34.9 Å². The van der Waals surface area contributed by atoms with E-state index in [9.17, 15) is 4.79 Å². The lowest BCUT2D eigenvalue weighted by molar-refractivity contribution is -0.138. The van der Waals surface area contributed by atoms with Gasteiger partial charge in [0.05, 0.1) is 17.9 Å². The van der Waals surface area contributed by atoms with Gasteiger partial charge in [-0.3, -0.25) is 9.69 Å².